The highest BCUT2D eigenvalue weighted by Gasteiger charge is 2.30. The molecular weight excluding hydrogens is 415 g/mol. The van der Waals surface area contributed by atoms with Crippen molar-refractivity contribution in [3.63, 3.8) is 0 Å². The predicted molar refractivity (Wildman–Crippen MR) is 108 cm³/mol. The van der Waals surface area contributed by atoms with Gasteiger partial charge in [0.25, 0.3) is 0 Å². The minimum Gasteiger partial charge on any atom is -0.368 e. The van der Waals surface area contributed by atoms with Crippen molar-refractivity contribution in [3.05, 3.63) is 76.8 Å². The molecule has 3 N–H and O–H groups in total. The summed E-state index contributed by atoms with van der Waals surface area (Å²) in [6, 6.07) is 13.0. The molecule has 9 heteroatoms. The van der Waals surface area contributed by atoms with Crippen LogP contribution >= 0.6 is 11.3 Å². The maximum absolute atomic E-state index is 12.7. The van der Waals surface area contributed by atoms with Gasteiger partial charge in [-0.1, -0.05) is 42.5 Å². The van der Waals surface area contributed by atoms with E-state index < -0.39 is 29.6 Å². The number of carbonyl (C=O) groups excluding carboxylic acids is 2. The van der Waals surface area contributed by atoms with E-state index in [1.165, 1.54) is 23.5 Å². The van der Waals surface area contributed by atoms with Crippen molar-refractivity contribution in [3.8, 4) is 10.6 Å². The fourth-order valence-corrected chi connectivity index (χ4v) is 3.63. The first kappa shape index (κ1) is 21.5. The van der Waals surface area contributed by atoms with Crippen LogP contribution in [0, 0.1) is 0 Å². The number of halogens is 3. The van der Waals surface area contributed by atoms with E-state index in [9.17, 15) is 22.8 Å². The number of hydrogen-bond acceptors (Lipinski definition) is 4. The van der Waals surface area contributed by atoms with Gasteiger partial charge in [0.05, 0.1) is 17.7 Å². The van der Waals surface area contributed by atoms with Crippen LogP contribution in [0.4, 0.5) is 13.2 Å². The van der Waals surface area contributed by atoms with Gasteiger partial charge in [0, 0.05) is 17.4 Å². The molecule has 2 amide bonds. The standard InChI is InChI=1S/C21H18F3N3O2S/c22-21(23,24)15-8-6-14(7-9-15)20-26-16(12-30-20)11-18(28)27-17(19(25)29)10-13-4-2-1-3-5-13/h1-9,12,17H,10-11H2,(H2,25,29)(H,27,28). The molecular formula is C21H18F3N3O2S. The van der Waals surface area contributed by atoms with Gasteiger partial charge in [-0.05, 0) is 17.7 Å². The number of hydrogen-bond donors (Lipinski definition) is 2. The van der Waals surface area contributed by atoms with Crippen molar-refractivity contribution >= 4 is 23.2 Å². The van der Waals surface area contributed by atoms with E-state index in [4.69, 9.17) is 5.73 Å². The van der Waals surface area contributed by atoms with Gasteiger partial charge in [0.2, 0.25) is 11.8 Å². The Morgan fingerprint density at radius 3 is 2.33 bits per heavy atom. The summed E-state index contributed by atoms with van der Waals surface area (Å²) in [7, 11) is 0. The summed E-state index contributed by atoms with van der Waals surface area (Å²) in [6.07, 6.45) is -4.20. The molecule has 0 aliphatic heterocycles. The number of alkyl halides is 3. The second-order valence-corrected chi connectivity index (χ2v) is 7.47. The average molecular weight is 433 g/mol. The first-order valence-corrected chi connectivity index (χ1v) is 9.85. The lowest BCUT2D eigenvalue weighted by atomic mass is 10.1. The molecule has 0 aliphatic rings. The number of thiazole rings is 1. The molecule has 1 atom stereocenters. The van der Waals surface area contributed by atoms with E-state index in [-0.39, 0.29) is 12.8 Å². The van der Waals surface area contributed by atoms with Crippen LogP contribution in [0.25, 0.3) is 10.6 Å². The summed E-state index contributed by atoms with van der Waals surface area (Å²) in [6.45, 7) is 0. The van der Waals surface area contributed by atoms with Crippen LogP contribution in [0.15, 0.2) is 60.0 Å². The zero-order valence-electron chi connectivity index (χ0n) is 15.6. The number of amides is 2. The number of carbonyl (C=O) groups is 2. The van der Waals surface area contributed by atoms with Crippen LogP contribution in [0.1, 0.15) is 16.8 Å². The van der Waals surface area contributed by atoms with Gasteiger partial charge in [0.15, 0.2) is 0 Å². The number of aromatic nitrogens is 1. The molecule has 30 heavy (non-hydrogen) atoms. The molecule has 156 valence electrons. The minimum absolute atomic E-state index is 0.0737. The molecule has 0 radical (unpaired) electrons. The maximum Gasteiger partial charge on any atom is 0.416 e. The minimum atomic E-state index is -4.40. The summed E-state index contributed by atoms with van der Waals surface area (Å²) >= 11 is 1.22. The topological polar surface area (TPSA) is 85.1 Å². The summed E-state index contributed by atoms with van der Waals surface area (Å²) < 4.78 is 38.0. The van der Waals surface area contributed by atoms with Gasteiger partial charge in [0.1, 0.15) is 11.0 Å². The van der Waals surface area contributed by atoms with Gasteiger partial charge in [-0.2, -0.15) is 13.2 Å². The predicted octanol–water partition coefficient (Wildman–Crippen LogP) is 3.58. The van der Waals surface area contributed by atoms with Crippen LogP contribution < -0.4 is 11.1 Å². The van der Waals surface area contributed by atoms with Crippen molar-refractivity contribution < 1.29 is 22.8 Å². The number of rotatable bonds is 7. The first-order chi connectivity index (χ1) is 14.2. The maximum atomic E-state index is 12.7. The number of nitrogens with two attached hydrogens (primary N) is 1. The Morgan fingerprint density at radius 2 is 1.73 bits per heavy atom. The SMILES string of the molecule is NC(=O)C(Cc1ccccc1)NC(=O)Cc1csc(-c2ccc(C(F)(F)F)cc2)n1. The first-order valence-electron chi connectivity index (χ1n) is 8.97. The largest absolute Gasteiger partial charge is 0.416 e. The third kappa shape index (κ3) is 5.66. The molecule has 1 aromatic heterocycles. The number of nitrogens with one attached hydrogen (secondary N) is 1. The highest BCUT2D eigenvalue weighted by Crippen LogP contribution is 2.31. The normalized spacial score (nSPS) is 12.4. The molecule has 3 rings (SSSR count). The van der Waals surface area contributed by atoms with Crippen LogP contribution in [0.5, 0.6) is 0 Å². The zero-order valence-corrected chi connectivity index (χ0v) is 16.5. The highest BCUT2D eigenvalue weighted by atomic mass is 32.1. The fraction of sp³-hybridized carbons (Fsp3) is 0.190. The molecule has 2 aromatic carbocycles. The third-order valence-corrected chi connectivity index (χ3v) is 5.25. The Hall–Kier alpha value is -3.20. The lowest BCUT2D eigenvalue weighted by molar-refractivity contribution is -0.137. The van der Waals surface area contributed by atoms with E-state index in [1.54, 1.807) is 5.38 Å². The van der Waals surface area contributed by atoms with Crippen LogP contribution in [0.3, 0.4) is 0 Å². The monoisotopic (exact) mass is 433 g/mol. The van der Waals surface area contributed by atoms with Crippen LogP contribution in [-0.2, 0) is 28.6 Å². The molecule has 0 saturated heterocycles. The van der Waals surface area contributed by atoms with Gasteiger partial charge in [-0.25, -0.2) is 4.98 Å². The lowest BCUT2D eigenvalue weighted by Gasteiger charge is -2.15. The zero-order chi connectivity index (χ0) is 21.7. The number of nitrogens with zero attached hydrogens (tertiary/aromatic N) is 1. The van der Waals surface area contributed by atoms with Gasteiger partial charge >= 0.3 is 6.18 Å². The van der Waals surface area contributed by atoms with E-state index in [2.05, 4.69) is 10.3 Å². The van der Waals surface area contributed by atoms with Crippen molar-refractivity contribution in [2.24, 2.45) is 5.73 Å². The Kier molecular flexibility index (Phi) is 6.51. The molecule has 3 aromatic rings. The Labute approximate surface area is 174 Å². The Bertz CT molecular complexity index is 1020. The lowest BCUT2D eigenvalue weighted by Crippen LogP contribution is -2.46. The summed E-state index contributed by atoms with van der Waals surface area (Å²) in [5, 5.41) is 4.77. The smallest absolute Gasteiger partial charge is 0.368 e. The molecule has 0 aliphatic carbocycles. The number of primary amides is 1. The Balaban J connectivity index is 1.63. The molecule has 1 heterocycles. The summed E-state index contributed by atoms with van der Waals surface area (Å²) in [4.78, 5) is 28.3. The molecule has 0 saturated carbocycles. The molecule has 1 unspecified atom stereocenters. The van der Waals surface area contributed by atoms with Crippen molar-refractivity contribution in [2.75, 3.05) is 0 Å². The highest BCUT2D eigenvalue weighted by molar-refractivity contribution is 7.13. The number of benzene rings is 2. The van der Waals surface area contributed by atoms with E-state index >= 15 is 0 Å². The van der Waals surface area contributed by atoms with E-state index in [0.29, 0.717) is 16.3 Å². The molecule has 0 spiro atoms. The summed E-state index contributed by atoms with van der Waals surface area (Å²) in [5.74, 6) is -1.06. The van der Waals surface area contributed by atoms with Crippen LogP contribution in [0.2, 0.25) is 0 Å². The summed E-state index contributed by atoms with van der Waals surface area (Å²) in [5.41, 5.74) is 6.51. The quantitative estimate of drug-likeness (QED) is 0.597. The fourth-order valence-electron chi connectivity index (χ4n) is 2.80. The van der Waals surface area contributed by atoms with Crippen molar-refractivity contribution in [1.82, 2.24) is 10.3 Å². The molecule has 0 fully saturated rings. The van der Waals surface area contributed by atoms with E-state index in [0.717, 1.165) is 17.7 Å². The van der Waals surface area contributed by atoms with Crippen LogP contribution in [-0.4, -0.2) is 22.8 Å². The van der Waals surface area contributed by atoms with E-state index in [1.807, 2.05) is 30.3 Å². The third-order valence-electron chi connectivity index (χ3n) is 4.31. The second kappa shape index (κ2) is 9.08. The Morgan fingerprint density at radius 1 is 1.07 bits per heavy atom. The van der Waals surface area contributed by atoms with Crippen molar-refractivity contribution in [2.45, 2.75) is 25.1 Å². The van der Waals surface area contributed by atoms with Gasteiger partial charge in [-0.15, -0.1) is 11.3 Å². The van der Waals surface area contributed by atoms with Gasteiger partial charge in [-0.3, -0.25) is 9.59 Å². The average Bonchev–Trinajstić information content (AvgIpc) is 3.16. The van der Waals surface area contributed by atoms with Gasteiger partial charge < -0.3 is 11.1 Å². The van der Waals surface area contributed by atoms with Crippen molar-refractivity contribution in [1.29, 1.82) is 0 Å². The second-order valence-electron chi connectivity index (χ2n) is 6.61. The molecule has 5 nitrogen and oxygen atoms in total. The molecule has 0 bridgehead atoms.